The molecule has 6 rings (SSSR count). The minimum absolute atomic E-state index is 0.922. The maximum atomic E-state index is 2.96. The summed E-state index contributed by atoms with van der Waals surface area (Å²) < 4.78 is 0. The molecule has 2 saturated heterocycles. The summed E-state index contributed by atoms with van der Waals surface area (Å²) in [7, 11) is 0. The standard InChI is InChI=1S/C17H28N2/c1-2-16-11-19(5-4-18(16)3-1)17-14-7-12-6-13(9-14)10-15(17)8-12/h12-17H,1-11H2. The third kappa shape index (κ3) is 1.75. The summed E-state index contributed by atoms with van der Waals surface area (Å²) in [4.78, 5) is 5.73. The van der Waals surface area contributed by atoms with Crippen LogP contribution in [0.3, 0.4) is 0 Å². The molecule has 19 heavy (non-hydrogen) atoms. The number of hydrogen-bond acceptors (Lipinski definition) is 2. The zero-order valence-electron chi connectivity index (χ0n) is 12.1. The highest BCUT2D eigenvalue weighted by Crippen LogP contribution is 2.55. The summed E-state index contributed by atoms with van der Waals surface area (Å²) >= 11 is 0. The van der Waals surface area contributed by atoms with E-state index in [2.05, 4.69) is 9.80 Å². The fourth-order valence-corrected chi connectivity index (χ4v) is 6.78. The molecule has 4 bridgehead atoms. The monoisotopic (exact) mass is 260 g/mol. The fourth-order valence-electron chi connectivity index (χ4n) is 6.78. The van der Waals surface area contributed by atoms with Crippen molar-refractivity contribution in [3.8, 4) is 0 Å². The molecule has 4 aliphatic carbocycles. The summed E-state index contributed by atoms with van der Waals surface area (Å²) in [5, 5.41) is 0. The van der Waals surface area contributed by atoms with E-state index in [4.69, 9.17) is 0 Å². The summed E-state index contributed by atoms with van der Waals surface area (Å²) in [6, 6.07) is 1.92. The van der Waals surface area contributed by atoms with E-state index in [9.17, 15) is 0 Å². The summed E-state index contributed by atoms with van der Waals surface area (Å²) in [5.41, 5.74) is 0. The molecule has 0 radical (unpaired) electrons. The number of fused-ring (bicyclic) bond motifs is 1. The molecule has 0 aromatic heterocycles. The van der Waals surface area contributed by atoms with E-state index < -0.39 is 0 Å². The quantitative estimate of drug-likeness (QED) is 0.715. The normalized spacial score (nSPS) is 53.7. The van der Waals surface area contributed by atoms with Crippen LogP contribution in [0, 0.1) is 23.7 Å². The van der Waals surface area contributed by atoms with Gasteiger partial charge in [0.25, 0.3) is 0 Å². The Hall–Kier alpha value is -0.0800. The van der Waals surface area contributed by atoms with E-state index in [1.54, 1.807) is 32.1 Å². The van der Waals surface area contributed by atoms with Gasteiger partial charge in [0, 0.05) is 31.7 Å². The largest absolute Gasteiger partial charge is 0.298 e. The number of hydrogen-bond donors (Lipinski definition) is 0. The summed E-state index contributed by atoms with van der Waals surface area (Å²) in [6.07, 6.45) is 10.9. The number of rotatable bonds is 1. The minimum Gasteiger partial charge on any atom is -0.298 e. The first-order chi connectivity index (χ1) is 9.37. The first-order valence-electron chi connectivity index (χ1n) is 8.85. The van der Waals surface area contributed by atoms with Crippen LogP contribution in [0.4, 0.5) is 0 Å². The molecule has 2 nitrogen and oxygen atoms in total. The van der Waals surface area contributed by atoms with Gasteiger partial charge in [0.2, 0.25) is 0 Å². The van der Waals surface area contributed by atoms with Crippen LogP contribution in [-0.2, 0) is 0 Å². The van der Waals surface area contributed by atoms with Gasteiger partial charge >= 0.3 is 0 Å². The highest BCUT2D eigenvalue weighted by atomic mass is 15.3. The predicted molar refractivity (Wildman–Crippen MR) is 77.0 cm³/mol. The second-order valence-corrected chi connectivity index (χ2v) is 8.25. The molecule has 106 valence electrons. The van der Waals surface area contributed by atoms with Crippen molar-refractivity contribution in [2.45, 2.75) is 57.0 Å². The summed E-state index contributed by atoms with van der Waals surface area (Å²) in [5.74, 6) is 4.44. The lowest BCUT2D eigenvalue weighted by atomic mass is 9.54. The van der Waals surface area contributed by atoms with Crippen LogP contribution in [0.5, 0.6) is 0 Å². The molecular formula is C17H28N2. The Balaban J connectivity index is 1.36. The van der Waals surface area contributed by atoms with Crippen molar-refractivity contribution in [2.24, 2.45) is 23.7 Å². The van der Waals surface area contributed by atoms with Crippen LogP contribution < -0.4 is 0 Å². The first kappa shape index (κ1) is 11.6. The Bertz CT molecular complexity index is 338. The van der Waals surface area contributed by atoms with Crippen molar-refractivity contribution < 1.29 is 0 Å². The predicted octanol–water partition coefficient (Wildman–Crippen LogP) is 2.59. The van der Waals surface area contributed by atoms with Gasteiger partial charge in [0.1, 0.15) is 0 Å². The molecule has 6 aliphatic rings. The maximum absolute atomic E-state index is 2.96. The molecule has 0 aromatic rings. The number of nitrogens with zero attached hydrogens (tertiary/aromatic N) is 2. The van der Waals surface area contributed by atoms with E-state index in [0.29, 0.717) is 0 Å². The highest BCUT2D eigenvalue weighted by Gasteiger charge is 2.50. The molecule has 2 heteroatoms. The van der Waals surface area contributed by atoms with Gasteiger partial charge in [0.05, 0.1) is 0 Å². The average molecular weight is 260 g/mol. The van der Waals surface area contributed by atoms with E-state index in [1.807, 2.05) is 0 Å². The Morgan fingerprint density at radius 2 is 1.37 bits per heavy atom. The van der Waals surface area contributed by atoms with Gasteiger partial charge in [-0.15, -0.1) is 0 Å². The molecular weight excluding hydrogens is 232 g/mol. The van der Waals surface area contributed by atoms with Crippen molar-refractivity contribution in [1.29, 1.82) is 0 Å². The third-order valence-electron chi connectivity index (χ3n) is 7.22. The molecule has 6 fully saturated rings. The van der Waals surface area contributed by atoms with Crippen LogP contribution in [0.1, 0.15) is 44.9 Å². The molecule has 0 aromatic carbocycles. The smallest absolute Gasteiger partial charge is 0.0224 e. The van der Waals surface area contributed by atoms with Gasteiger partial charge in [-0.2, -0.15) is 0 Å². The molecule has 0 spiro atoms. The van der Waals surface area contributed by atoms with Gasteiger partial charge in [-0.3, -0.25) is 9.80 Å². The minimum atomic E-state index is 0.922. The Kier molecular flexibility index (Phi) is 2.56. The second-order valence-electron chi connectivity index (χ2n) is 8.25. The van der Waals surface area contributed by atoms with Crippen molar-refractivity contribution in [1.82, 2.24) is 9.80 Å². The van der Waals surface area contributed by atoms with Crippen molar-refractivity contribution in [3.05, 3.63) is 0 Å². The van der Waals surface area contributed by atoms with Crippen LogP contribution in [0.25, 0.3) is 0 Å². The molecule has 0 amide bonds. The second kappa shape index (κ2) is 4.21. The van der Waals surface area contributed by atoms with Gasteiger partial charge < -0.3 is 0 Å². The molecule has 0 N–H and O–H groups in total. The zero-order valence-corrected chi connectivity index (χ0v) is 12.1. The van der Waals surface area contributed by atoms with E-state index in [0.717, 1.165) is 35.8 Å². The highest BCUT2D eigenvalue weighted by molar-refractivity contribution is 5.03. The molecule has 2 aliphatic heterocycles. The van der Waals surface area contributed by atoms with E-state index in [-0.39, 0.29) is 0 Å². The van der Waals surface area contributed by atoms with E-state index >= 15 is 0 Å². The van der Waals surface area contributed by atoms with Gasteiger partial charge in [-0.1, -0.05) is 0 Å². The van der Waals surface area contributed by atoms with Crippen LogP contribution in [0.2, 0.25) is 0 Å². The van der Waals surface area contributed by atoms with Crippen LogP contribution in [0.15, 0.2) is 0 Å². The van der Waals surface area contributed by atoms with Gasteiger partial charge in [-0.05, 0) is 75.2 Å². The zero-order chi connectivity index (χ0) is 12.4. The summed E-state index contributed by atoms with van der Waals surface area (Å²) in [6.45, 7) is 5.55. The third-order valence-corrected chi connectivity index (χ3v) is 7.22. The van der Waals surface area contributed by atoms with Crippen molar-refractivity contribution in [3.63, 3.8) is 0 Å². The topological polar surface area (TPSA) is 6.48 Å². The van der Waals surface area contributed by atoms with E-state index in [1.165, 1.54) is 39.0 Å². The SMILES string of the molecule is C1CC2CN(C3C4CC5CC(C4)CC3C5)CCN2C1. The molecule has 2 heterocycles. The lowest BCUT2D eigenvalue weighted by Crippen LogP contribution is -2.61. The Labute approximate surface area is 117 Å². The molecule has 1 unspecified atom stereocenters. The van der Waals surface area contributed by atoms with Gasteiger partial charge in [0.15, 0.2) is 0 Å². The van der Waals surface area contributed by atoms with Crippen molar-refractivity contribution >= 4 is 0 Å². The van der Waals surface area contributed by atoms with Gasteiger partial charge in [-0.25, -0.2) is 0 Å². The molecule has 4 saturated carbocycles. The fraction of sp³-hybridized carbons (Fsp3) is 1.00. The Morgan fingerprint density at radius 3 is 2.11 bits per heavy atom. The first-order valence-corrected chi connectivity index (χ1v) is 8.85. The Morgan fingerprint density at radius 1 is 0.684 bits per heavy atom. The van der Waals surface area contributed by atoms with Crippen LogP contribution in [-0.4, -0.2) is 48.1 Å². The lowest BCUT2D eigenvalue weighted by Gasteiger charge is -2.58. The lowest BCUT2D eigenvalue weighted by molar-refractivity contribution is -0.0814. The van der Waals surface area contributed by atoms with Crippen LogP contribution >= 0.6 is 0 Å². The molecule has 1 atom stereocenters. The maximum Gasteiger partial charge on any atom is 0.0224 e. The average Bonchev–Trinajstić information content (AvgIpc) is 2.84. The van der Waals surface area contributed by atoms with Crippen molar-refractivity contribution in [2.75, 3.05) is 26.2 Å². The number of piperazine rings is 1.